The van der Waals surface area contributed by atoms with Gasteiger partial charge in [0.15, 0.2) is 5.11 Å². The van der Waals surface area contributed by atoms with Crippen LogP contribution in [0.4, 0.5) is 0 Å². The van der Waals surface area contributed by atoms with E-state index in [1.807, 2.05) is 0 Å². The maximum atomic E-state index is 12.6. The minimum atomic E-state index is -1.26. The second-order valence-electron chi connectivity index (χ2n) is 5.66. The topological polar surface area (TPSA) is 94.5 Å². The largest absolute Gasteiger partial charge is 0.545 e. The summed E-state index contributed by atoms with van der Waals surface area (Å²) in [4.78, 5) is 37.0. The van der Waals surface area contributed by atoms with Crippen molar-refractivity contribution < 1.29 is 19.5 Å². The number of hydrogen-bond donors (Lipinski definition) is 1. The van der Waals surface area contributed by atoms with Crippen molar-refractivity contribution in [2.45, 2.75) is 0 Å². The lowest BCUT2D eigenvalue weighted by Gasteiger charge is -2.27. The summed E-state index contributed by atoms with van der Waals surface area (Å²) in [5.41, 5.74) is 1.23. The molecule has 0 radical (unpaired) electrons. The number of aromatic nitrogens is 1. The smallest absolute Gasteiger partial charge is 0.266 e. The average molecular weight is 380 g/mol. The highest BCUT2D eigenvalue weighted by Crippen LogP contribution is 2.19. The molecule has 7 nitrogen and oxygen atoms in total. The molecule has 0 unspecified atom stereocenters. The van der Waals surface area contributed by atoms with Gasteiger partial charge in [0, 0.05) is 24.1 Å². The van der Waals surface area contributed by atoms with Gasteiger partial charge in [-0.05, 0) is 48.1 Å². The van der Waals surface area contributed by atoms with Crippen LogP contribution >= 0.6 is 12.2 Å². The van der Waals surface area contributed by atoms with Crippen LogP contribution in [0.3, 0.4) is 0 Å². The number of carboxylic acids is 1. The Kier molecular flexibility index (Phi) is 5.00. The SMILES string of the molecule is C=CCN1C(=O)/C(=C\c2cccn2-c2ccc(C(=O)[O-])cc2)C(=O)NC1=S. The number of aromatic carboxylic acids is 1. The maximum absolute atomic E-state index is 12.6. The molecule has 0 saturated carbocycles. The summed E-state index contributed by atoms with van der Waals surface area (Å²) in [5.74, 6) is -2.35. The van der Waals surface area contributed by atoms with E-state index in [9.17, 15) is 19.5 Å². The maximum Gasteiger partial charge on any atom is 0.266 e. The van der Waals surface area contributed by atoms with Crippen molar-refractivity contribution >= 4 is 41.2 Å². The van der Waals surface area contributed by atoms with Crippen LogP contribution in [-0.2, 0) is 9.59 Å². The first-order valence-corrected chi connectivity index (χ1v) is 8.32. The van der Waals surface area contributed by atoms with Gasteiger partial charge in [-0.3, -0.25) is 19.8 Å². The van der Waals surface area contributed by atoms with E-state index < -0.39 is 17.8 Å². The summed E-state index contributed by atoms with van der Waals surface area (Å²) < 4.78 is 1.72. The molecule has 27 heavy (non-hydrogen) atoms. The quantitative estimate of drug-likeness (QED) is 0.356. The van der Waals surface area contributed by atoms with Crippen LogP contribution in [-0.4, -0.2) is 38.9 Å². The monoisotopic (exact) mass is 380 g/mol. The summed E-state index contributed by atoms with van der Waals surface area (Å²) in [6, 6.07) is 9.53. The predicted octanol–water partition coefficient (Wildman–Crippen LogP) is 0.653. The van der Waals surface area contributed by atoms with Gasteiger partial charge in [0.1, 0.15) is 5.57 Å². The third-order valence-corrected chi connectivity index (χ3v) is 4.27. The number of hydrogen-bond acceptors (Lipinski definition) is 5. The van der Waals surface area contributed by atoms with E-state index in [1.54, 1.807) is 35.0 Å². The summed E-state index contributed by atoms with van der Waals surface area (Å²) in [5, 5.41) is 13.4. The van der Waals surface area contributed by atoms with Crippen LogP contribution in [0.25, 0.3) is 11.8 Å². The molecule has 136 valence electrons. The molecule has 0 atom stereocenters. The Morgan fingerprint density at radius 3 is 2.56 bits per heavy atom. The van der Waals surface area contributed by atoms with Crippen LogP contribution in [0.5, 0.6) is 0 Å². The van der Waals surface area contributed by atoms with E-state index in [-0.39, 0.29) is 22.8 Å². The number of amides is 2. The van der Waals surface area contributed by atoms with Crippen molar-refractivity contribution in [3.8, 4) is 5.69 Å². The average Bonchev–Trinajstić information content (AvgIpc) is 3.10. The zero-order chi connectivity index (χ0) is 19.6. The van der Waals surface area contributed by atoms with E-state index in [4.69, 9.17) is 12.2 Å². The number of carboxylic acid groups (broad SMARTS) is 1. The number of thiocarbonyl (C=S) groups is 1. The summed E-state index contributed by atoms with van der Waals surface area (Å²) in [7, 11) is 0. The first kappa shape index (κ1) is 18.3. The van der Waals surface area contributed by atoms with Gasteiger partial charge in [0.2, 0.25) is 0 Å². The number of nitrogens with one attached hydrogen (secondary N) is 1. The van der Waals surface area contributed by atoms with Crippen molar-refractivity contribution in [1.82, 2.24) is 14.8 Å². The lowest BCUT2D eigenvalue weighted by Crippen LogP contribution is -2.53. The van der Waals surface area contributed by atoms with Gasteiger partial charge in [-0.15, -0.1) is 6.58 Å². The molecule has 0 bridgehead atoms. The number of carbonyl (C=O) groups excluding carboxylic acids is 3. The lowest BCUT2D eigenvalue weighted by molar-refractivity contribution is -0.255. The number of benzene rings is 1. The van der Waals surface area contributed by atoms with Crippen molar-refractivity contribution in [3.05, 3.63) is 72.1 Å². The molecule has 1 aliphatic heterocycles. The van der Waals surface area contributed by atoms with E-state index in [0.29, 0.717) is 11.4 Å². The fraction of sp³-hybridized carbons (Fsp3) is 0.0526. The Morgan fingerprint density at radius 2 is 1.93 bits per heavy atom. The van der Waals surface area contributed by atoms with Crippen LogP contribution in [0.2, 0.25) is 0 Å². The third kappa shape index (κ3) is 3.56. The first-order chi connectivity index (χ1) is 12.9. The standard InChI is InChI=1S/C19H15N3O4S/c1-2-9-22-17(24)15(16(23)20-19(22)27)11-14-4-3-10-21(14)13-7-5-12(6-8-13)18(25)26/h2-8,10-11H,1,9H2,(H,25,26)(H,20,23,27)/p-1/b15-11-. The highest BCUT2D eigenvalue weighted by Gasteiger charge is 2.32. The summed E-state index contributed by atoms with van der Waals surface area (Å²) >= 11 is 5.02. The van der Waals surface area contributed by atoms with Crippen molar-refractivity contribution in [1.29, 1.82) is 0 Å². The predicted molar refractivity (Wildman–Crippen MR) is 101 cm³/mol. The van der Waals surface area contributed by atoms with E-state index in [2.05, 4.69) is 11.9 Å². The Hall–Kier alpha value is -3.52. The molecule has 2 amide bonds. The molecular formula is C19H14N3O4S-. The number of nitrogens with zero attached hydrogens (tertiary/aromatic N) is 2. The second-order valence-corrected chi connectivity index (χ2v) is 6.05. The molecule has 8 heteroatoms. The fourth-order valence-corrected chi connectivity index (χ4v) is 2.89. The highest BCUT2D eigenvalue weighted by atomic mass is 32.1. The van der Waals surface area contributed by atoms with Gasteiger partial charge in [0.25, 0.3) is 11.8 Å². The van der Waals surface area contributed by atoms with Crippen LogP contribution in [0, 0.1) is 0 Å². The molecule has 3 rings (SSSR count). The van der Waals surface area contributed by atoms with Crippen molar-refractivity contribution in [2.24, 2.45) is 0 Å². The zero-order valence-electron chi connectivity index (χ0n) is 14.0. The van der Waals surface area contributed by atoms with Crippen LogP contribution in [0.15, 0.2) is 60.8 Å². The van der Waals surface area contributed by atoms with Crippen molar-refractivity contribution in [2.75, 3.05) is 6.54 Å². The second kappa shape index (κ2) is 7.38. The molecule has 1 saturated heterocycles. The minimum Gasteiger partial charge on any atom is -0.545 e. The molecule has 0 aliphatic carbocycles. The van der Waals surface area contributed by atoms with Gasteiger partial charge in [-0.1, -0.05) is 18.2 Å². The Morgan fingerprint density at radius 1 is 1.22 bits per heavy atom. The molecule has 1 aromatic carbocycles. The molecule has 1 aromatic heterocycles. The van der Waals surface area contributed by atoms with Gasteiger partial charge in [-0.2, -0.15) is 0 Å². The molecule has 2 aromatic rings. The molecule has 0 spiro atoms. The fourth-order valence-electron chi connectivity index (χ4n) is 2.64. The van der Waals surface area contributed by atoms with Gasteiger partial charge >= 0.3 is 0 Å². The number of carbonyl (C=O) groups is 3. The Balaban J connectivity index is 1.98. The number of rotatable bonds is 5. The first-order valence-electron chi connectivity index (χ1n) is 7.91. The normalized spacial score (nSPS) is 15.8. The summed E-state index contributed by atoms with van der Waals surface area (Å²) in [6.45, 7) is 3.76. The highest BCUT2D eigenvalue weighted by molar-refractivity contribution is 7.80. The van der Waals surface area contributed by atoms with Gasteiger partial charge in [0.05, 0.1) is 5.97 Å². The Labute approximate surface area is 160 Å². The minimum absolute atomic E-state index is 0.0373. The Bertz CT molecular complexity index is 989. The summed E-state index contributed by atoms with van der Waals surface area (Å²) in [6.07, 6.45) is 4.71. The molecule has 1 fully saturated rings. The van der Waals surface area contributed by atoms with E-state index in [1.165, 1.54) is 29.2 Å². The van der Waals surface area contributed by atoms with Crippen LogP contribution < -0.4 is 10.4 Å². The van der Waals surface area contributed by atoms with Crippen LogP contribution in [0.1, 0.15) is 16.1 Å². The molecule has 1 N–H and O–H groups in total. The molecule has 2 heterocycles. The zero-order valence-corrected chi connectivity index (χ0v) is 14.9. The van der Waals surface area contributed by atoms with Crippen molar-refractivity contribution in [3.63, 3.8) is 0 Å². The van der Waals surface area contributed by atoms with Gasteiger partial charge in [-0.25, -0.2) is 0 Å². The van der Waals surface area contributed by atoms with Gasteiger partial charge < -0.3 is 14.5 Å². The molecule has 1 aliphatic rings. The van der Waals surface area contributed by atoms with E-state index in [0.717, 1.165) is 0 Å². The molecular weight excluding hydrogens is 366 g/mol. The van der Waals surface area contributed by atoms with E-state index >= 15 is 0 Å². The third-order valence-electron chi connectivity index (χ3n) is 3.95. The lowest BCUT2D eigenvalue weighted by atomic mass is 10.1.